The van der Waals surface area contributed by atoms with Gasteiger partial charge in [0.15, 0.2) is 0 Å². The lowest BCUT2D eigenvalue weighted by atomic mass is 10.2. The normalized spacial score (nSPS) is 18.4. The van der Waals surface area contributed by atoms with E-state index in [4.69, 9.17) is 4.42 Å². The molecule has 1 aliphatic carbocycles. The quantitative estimate of drug-likeness (QED) is 0.860. The van der Waals surface area contributed by atoms with Crippen LogP contribution in [0.2, 0.25) is 0 Å². The van der Waals surface area contributed by atoms with Gasteiger partial charge < -0.3 is 9.73 Å². The van der Waals surface area contributed by atoms with Crippen molar-refractivity contribution >= 4 is 0 Å². The Morgan fingerprint density at radius 1 is 1.42 bits per heavy atom. The first-order chi connectivity index (χ1) is 9.24. The Labute approximate surface area is 112 Å². The Kier molecular flexibility index (Phi) is 3.33. The van der Waals surface area contributed by atoms with E-state index in [9.17, 15) is 0 Å². The predicted molar refractivity (Wildman–Crippen MR) is 69.5 cm³/mol. The minimum atomic E-state index is 0.274. The van der Waals surface area contributed by atoms with Crippen LogP contribution in [0.15, 0.2) is 22.9 Å². The summed E-state index contributed by atoms with van der Waals surface area (Å²) < 4.78 is 7.57. The first-order valence-electron chi connectivity index (χ1n) is 6.79. The summed E-state index contributed by atoms with van der Waals surface area (Å²) in [5.74, 6) is 1.98. The highest BCUT2D eigenvalue weighted by atomic mass is 16.4. The van der Waals surface area contributed by atoms with Crippen LogP contribution in [0.4, 0.5) is 0 Å². The van der Waals surface area contributed by atoms with Crippen molar-refractivity contribution in [1.82, 2.24) is 25.3 Å². The molecule has 2 heterocycles. The number of nitrogens with one attached hydrogen (secondary N) is 1. The summed E-state index contributed by atoms with van der Waals surface area (Å²) in [4.78, 5) is 0. The van der Waals surface area contributed by atoms with E-state index >= 15 is 0 Å². The number of hydrogen-bond acceptors (Lipinski definition) is 5. The first-order valence-corrected chi connectivity index (χ1v) is 6.79. The lowest BCUT2D eigenvalue weighted by Gasteiger charge is -2.20. The summed E-state index contributed by atoms with van der Waals surface area (Å²) in [5.41, 5.74) is 0. The van der Waals surface area contributed by atoms with Crippen molar-refractivity contribution in [3.05, 3.63) is 30.2 Å². The smallest absolute Gasteiger partial charge is 0.230 e. The Morgan fingerprint density at radius 2 is 2.26 bits per heavy atom. The minimum absolute atomic E-state index is 0.274. The van der Waals surface area contributed by atoms with E-state index in [1.807, 2.05) is 16.9 Å². The number of rotatable bonds is 6. The van der Waals surface area contributed by atoms with E-state index in [2.05, 4.69) is 34.5 Å². The third-order valence-corrected chi connectivity index (χ3v) is 3.65. The summed E-state index contributed by atoms with van der Waals surface area (Å²) in [5, 5.41) is 15.8. The molecule has 0 saturated heterocycles. The molecule has 2 aromatic heterocycles. The second-order valence-corrected chi connectivity index (χ2v) is 5.20. The Balaban J connectivity index is 1.53. The fraction of sp³-hybridized carbons (Fsp3) is 0.615. The SMILES string of the molecule is C[C@@H](NCc1nnc(C2CC2)o1)[C@H](C)n1cccn1. The molecule has 2 aromatic rings. The van der Waals surface area contributed by atoms with E-state index in [0.717, 1.165) is 5.89 Å². The van der Waals surface area contributed by atoms with Gasteiger partial charge in [-0.1, -0.05) is 0 Å². The fourth-order valence-electron chi connectivity index (χ4n) is 2.00. The molecule has 102 valence electrons. The molecule has 0 bridgehead atoms. The van der Waals surface area contributed by atoms with Gasteiger partial charge in [0.1, 0.15) is 0 Å². The molecule has 0 amide bonds. The van der Waals surface area contributed by atoms with Gasteiger partial charge in [-0.2, -0.15) is 5.10 Å². The van der Waals surface area contributed by atoms with E-state index < -0.39 is 0 Å². The number of aromatic nitrogens is 4. The summed E-state index contributed by atoms with van der Waals surface area (Å²) in [7, 11) is 0. The van der Waals surface area contributed by atoms with Crippen LogP contribution in [-0.2, 0) is 6.54 Å². The summed E-state index contributed by atoms with van der Waals surface area (Å²) >= 11 is 0. The van der Waals surface area contributed by atoms with Gasteiger partial charge in [0.2, 0.25) is 11.8 Å². The van der Waals surface area contributed by atoms with Gasteiger partial charge in [0, 0.05) is 24.4 Å². The average Bonchev–Trinajstić information content (AvgIpc) is 2.96. The summed E-state index contributed by atoms with van der Waals surface area (Å²) in [6.45, 7) is 4.87. The van der Waals surface area contributed by atoms with Gasteiger partial charge in [-0.15, -0.1) is 10.2 Å². The number of nitrogens with zero attached hydrogens (tertiary/aromatic N) is 4. The van der Waals surface area contributed by atoms with E-state index in [1.54, 1.807) is 6.20 Å². The zero-order valence-corrected chi connectivity index (χ0v) is 11.3. The van der Waals surface area contributed by atoms with Crippen molar-refractivity contribution in [2.75, 3.05) is 0 Å². The van der Waals surface area contributed by atoms with Crippen LogP contribution in [0.5, 0.6) is 0 Å². The predicted octanol–water partition coefficient (Wildman–Crippen LogP) is 1.88. The molecule has 19 heavy (non-hydrogen) atoms. The standard InChI is InChI=1S/C13H19N5O/c1-9(10(2)18-7-3-6-15-18)14-8-12-16-17-13(19-12)11-4-5-11/h3,6-7,9-11,14H,4-5,8H2,1-2H3/t9-,10+/m1/s1. The average molecular weight is 261 g/mol. The van der Waals surface area contributed by atoms with Crippen molar-refractivity contribution in [3.8, 4) is 0 Å². The third kappa shape index (κ3) is 2.84. The fourth-order valence-corrected chi connectivity index (χ4v) is 2.00. The summed E-state index contributed by atoms with van der Waals surface area (Å²) in [6.07, 6.45) is 6.13. The Bertz CT molecular complexity index is 517. The topological polar surface area (TPSA) is 68.8 Å². The lowest BCUT2D eigenvalue weighted by molar-refractivity contribution is 0.344. The van der Waals surface area contributed by atoms with Crippen LogP contribution in [0, 0.1) is 0 Å². The zero-order chi connectivity index (χ0) is 13.2. The van der Waals surface area contributed by atoms with Gasteiger partial charge in [0.25, 0.3) is 0 Å². The van der Waals surface area contributed by atoms with Crippen molar-refractivity contribution in [2.45, 2.75) is 51.2 Å². The van der Waals surface area contributed by atoms with Crippen LogP contribution < -0.4 is 5.32 Å². The van der Waals surface area contributed by atoms with Gasteiger partial charge in [0.05, 0.1) is 12.6 Å². The molecule has 2 atom stereocenters. The van der Waals surface area contributed by atoms with Crippen molar-refractivity contribution < 1.29 is 4.42 Å². The molecule has 0 aromatic carbocycles. The molecule has 0 aliphatic heterocycles. The number of hydrogen-bond donors (Lipinski definition) is 1. The molecule has 1 N–H and O–H groups in total. The van der Waals surface area contributed by atoms with Gasteiger partial charge in [-0.05, 0) is 32.8 Å². The van der Waals surface area contributed by atoms with Crippen molar-refractivity contribution in [3.63, 3.8) is 0 Å². The maximum absolute atomic E-state index is 5.62. The lowest BCUT2D eigenvalue weighted by Crippen LogP contribution is -2.33. The molecule has 1 saturated carbocycles. The molecule has 6 heteroatoms. The molecule has 1 fully saturated rings. The van der Waals surface area contributed by atoms with Crippen LogP contribution in [0.3, 0.4) is 0 Å². The second-order valence-electron chi connectivity index (χ2n) is 5.20. The molecule has 6 nitrogen and oxygen atoms in total. The molecule has 1 aliphatic rings. The monoisotopic (exact) mass is 261 g/mol. The van der Waals surface area contributed by atoms with Crippen molar-refractivity contribution in [1.29, 1.82) is 0 Å². The van der Waals surface area contributed by atoms with E-state index in [-0.39, 0.29) is 12.1 Å². The summed E-state index contributed by atoms with van der Waals surface area (Å²) in [6, 6.07) is 2.49. The Morgan fingerprint density at radius 3 is 2.95 bits per heavy atom. The van der Waals surface area contributed by atoms with E-state index in [1.165, 1.54) is 12.8 Å². The van der Waals surface area contributed by atoms with Gasteiger partial charge in [-0.3, -0.25) is 4.68 Å². The van der Waals surface area contributed by atoms with Crippen LogP contribution in [-0.4, -0.2) is 26.0 Å². The second kappa shape index (κ2) is 5.13. The van der Waals surface area contributed by atoms with Gasteiger partial charge >= 0.3 is 0 Å². The molecular formula is C13H19N5O. The molecule has 3 rings (SSSR count). The van der Waals surface area contributed by atoms with Crippen LogP contribution >= 0.6 is 0 Å². The zero-order valence-electron chi connectivity index (χ0n) is 11.3. The Hall–Kier alpha value is -1.69. The van der Waals surface area contributed by atoms with Crippen LogP contribution in [0.25, 0.3) is 0 Å². The molecule has 0 spiro atoms. The highest BCUT2D eigenvalue weighted by molar-refractivity contribution is 5.00. The van der Waals surface area contributed by atoms with Crippen LogP contribution in [0.1, 0.15) is 50.4 Å². The molecular weight excluding hydrogens is 242 g/mol. The van der Waals surface area contributed by atoms with Gasteiger partial charge in [-0.25, -0.2) is 0 Å². The maximum atomic E-state index is 5.62. The molecule has 0 unspecified atom stereocenters. The van der Waals surface area contributed by atoms with E-state index in [0.29, 0.717) is 18.4 Å². The highest BCUT2D eigenvalue weighted by Crippen LogP contribution is 2.38. The highest BCUT2D eigenvalue weighted by Gasteiger charge is 2.29. The largest absolute Gasteiger partial charge is 0.424 e. The molecule has 0 radical (unpaired) electrons. The first kappa shape index (κ1) is 12.3. The van der Waals surface area contributed by atoms with Crippen molar-refractivity contribution in [2.24, 2.45) is 0 Å². The maximum Gasteiger partial charge on any atom is 0.230 e. The minimum Gasteiger partial charge on any atom is -0.424 e. The third-order valence-electron chi connectivity index (χ3n) is 3.65.